The van der Waals surface area contributed by atoms with Gasteiger partial charge in [-0.1, -0.05) is 49.8 Å². The Labute approximate surface area is 193 Å². The Morgan fingerprint density at radius 3 is 2.67 bits per heavy atom. The summed E-state index contributed by atoms with van der Waals surface area (Å²) in [6.07, 6.45) is 3.90. The van der Waals surface area contributed by atoms with Crippen LogP contribution >= 0.6 is 0 Å². The predicted octanol–water partition coefficient (Wildman–Crippen LogP) is 3.60. The standard InChI is InChI=1S/C26H26N6O/c1-5-6-12-21-13-14-31(29-21)26(20-10-8-7-9-11-20)23-17-30(18(2)3)19(4)25-22(15-27)24(33)16-28-32(23)25/h7-11,13-14,16,18,23,26H,4-5,17H2,1-3H3. The van der Waals surface area contributed by atoms with Crippen LogP contribution in [0, 0.1) is 23.2 Å². The van der Waals surface area contributed by atoms with E-state index in [1.54, 1.807) is 4.68 Å². The van der Waals surface area contributed by atoms with Gasteiger partial charge in [0.15, 0.2) is 0 Å². The smallest absolute Gasteiger partial charge is 0.218 e. The van der Waals surface area contributed by atoms with Crippen LogP contribution in [-0.4, -0.2) is 37.0 Å². The van der Waals surface area contributed by atoms with Gasteiger partial charge in [-0.2, -0.15) is 15.5 Å². The molecule has 0 fully saturated rings. The summed E-state index contributed by atoms with van der Waals surface area (Å²) >= 11 is 0. The van der Waals surface area contributed by atoms with E-state index in [0.29, 0.717) is 23.6 Å². The van der Waals surface area contributed by atoms with Crippen LogP contribution in [0.25, 0.3) is 5.70 Å². The maximum absolute atomic E-state index is 12.5. The summed E-state index contributed by atoms with van der Waals surface area (Å²) in [5.74, 6) is 6.16. The van der Waals surface area contributed by atoms with E-state index in [2.05, 4.69) is 60.5 Å². The van der Waals surface area contributed by atoms with Gasteiger partial charge in [0.05, 0.1) is 17.9 Å². The van der Waals surface area contributed by atoms with Gasteiger partial charge in [-0.25, -0.2) is 0 Å². The van der Waals surface area contributed by atoms with E-state index in [-0.39, 0.29) is 23.7 Å². The van der Waals surface area contributed by atoms with Crippen molar-refractivity contribution in [3.63, 3.8) is 0 Å². The minimum absolute atomic E-state index is 0.0622. The van der Waals surface area contributed by atoms with Gasteiger partial charge in [-0.15, -0.1) is 0 Å². The molecule has 0 radical (unpaired) electrons. The lowest BCUT2D eigenvalue weighted by Gasteiger charge is -2.43. The van der Waals surface area contributed by atoms with Crippen LogP contribution < -0.4 is 5.43 Å². The third-order valence-corrected chi connectivity index (χ3v) is 5.86. The normalized spacial score (nSPS) is 16.0. The van der Waals surface area contributed by atoms with Gasteiger partial charge in [0.1, 0.15) is 29.1 Å². The highest BCUT2D eigenvalue weighted by Crippen LogP contribution is 2.38. The van der Waals surface area contributed by atoms with Crippen molar-refractivity contribution >= 4 is 5.70 Å². The van der Waals surface area contributed by atoms with Crippen LogP contribution in [0.3, 0.4) is 0 Å². The van der Waals surface area contributed by atoms with E-state index in [0.717, 1.165) is 12.0 Å². The summed E-state index contributed by atoms with van der Waals surface area (Å²) < 4.78 is 3.68. The molecule has 2 unspecified atom stereocenters. The van der Waals surface area contributed by atoms with Gasteiger partial charge in [0.25, 0.3) is 0 Å². The first-order valence-corrected chi connectivity index (χ1v) is 11.0. The zero-order valence-electron chi connectivity index (χ0n) is 19.1. The SMILES string of the molecule is C=C1c2c(C#N)c(=O)cnn2C(C(c2ccccc2)n2ccc(C#CCC)n2)CN1C(C)C. The van der Waals surface area contributed by atoms with E-state index in [1.165, 1.54) is 6.20 Å². The molecule has 7 heteroatoms. The number of hydrogen-bond acceptors (Lipinski definition) is 5. The fourth-order valence-electron chi connectivity index (χ4n) is 4.33. The first kappa shape index (κ1) is 22.1. The largest absolute Gasteiger partial charge is 0.366 e. The van der Waals surface area contributed by atoms with Crippen molar-refractivity contribution in [3.8, 4) is 17.9 Å². The molecule has 2 aromatic heterocycles. The lowest BCUT2D eigenvalue weighted by molar-refractivity contribution is 0.196. The van der Waals surface area contributed by atoms with Crippen molar-refractivity contribution in [2.24, 2.45) is 0 Å². The second kappa shape index (κ2) is 9.18. The van der Waals surface area contributed by atoms with E-state index in [1.807, 2.05) is 42.1 Å². The van der Waals surface area contributed by atoms with E-state index in [9.17, 15) is 10.1 Å². The first-order chi connectivity index (χ1) is 16.0. The highest BCUT2D eigenvalue weighted by atomic mass is 16.1. The minimum Gasteiger partial charge on any atom is -0.366 e. The Kier molecular flexibility index (Phi) is 6.15. The summed E-state index contributed by atoms with van der Waals surface area (Å²) in [4.78, 5) is 14.6. The molecular formula is C26H26N6O. The second-order valence-corrected chi connectivity index (χ2v) is 8.24. The summed E-state index contributed by atoms with van der Waals surface area (Å²) in [6, 6.07) is 13.7. The van der Waals surface area contributed by atoms with Crippen LogP contribution in [0.2, 0.25) is 0 Å². The van der Waals surface area contributed by atoms with Gasteiger partial charge in [-0.3, -0.25) is 14.2 Å². The number of benzene rings is 1. The molecule has 0 amide bonds. The topological polar surface area (TPSA) is 79.7 Å². The summed E-state index contributed by atoms with van der Waals surface area (Å²) in [5, 5.41) is 19.0. The van der Waals surface area contributed by atoms with Crippen molar-refractivity contribution in [2.45, 2.75) is 45.3 Å². The van der Waals surface area contributed by atoms with Gasteiger partial charge in [-0.05, 0) is 31.4 Å². The Balaban J connectivity index is 1.95. The fraction of sp³-hybridized carbons (Fsp3) is 0.308. The predicted molar refractivity (Wildman–Crippen MR) is 127 cm³/mol. The molecule has 166 valence electrons. The molecule has 0 saturated heterocycles. The molecule has 1 aliphatic heterocycles. The number of aromatic nitrogens is 4. The Bertz CT molecular complexity index is 1330. The molecule has 0 N–H and O–H groups in total. The highest BCUT2D eigenvalue weighted by molar-refractivity contribution is 5.66. The van der Waals surface area contributed by atoms with Crippen molar-refractivity contribution < 1.29 is 0 Å². The van der Waals surface area contributed by atoms with Crippen molar-refractivity contribution in [3.05, 3.63) is 88.1 Å². The average molecular weight is 439 g/mol. The average Bonchev–Trinajstić information content (AvgIpc) is 3.28. The minimum atomic E-state index is -0.401. The molecule has 0 bridgehead atoms. The third kappa shape index (κ3) is 4.06. The fourth-order valence-corrected chi connectivity index (χ4v) is 4.33. The van der Waals surface area contributed by atoms with Crippen LogP contribution in [-0.2, 0) is 0 Å². The monoisotopic (exact) mass is 438 g/mol. The Hall–Kier alpha value is -4.10. The van der Waals surface area contributed by atoms with E-state index < -0.39 is 5.43 Å². The summed E-state index contributed by atoms with van der Waals surface area (Å²) in [7, 11) is 0. The first-order valence-electron chi connectivity index (χ1n) is 11.0. The van der Waals surface area contributed by atoms with Crippen molar-refractivity contribution in [1.82, 2.24) is 24.5 Å². The molecule has 1 aromatic carbocycles. The Morgan fingerprint density at radius 2 is 2.00 bits per heavy atom. The molecular weight excluding hydrogens is 412 g/mol. The zero-order valence-corrected chi connectivity index (χ0v) is 19.1. The number of nitriles is 1. The number of fused-ring (bicyclic) bond motifs is 1. The molecule has 7 nitrogen and oxygen atoms in total. The quantitative estimate of drug-likeness (QED) is 0.582. The van der Waals surface area contributed by atoms with Crippen molar-refractivity contribution in [2.75, 3.05) is 6.54 Å². The molecule has 0 spiro atoms. The zero-order chi connectivity index (χ0) is 23.5. The number of nitrogens with zero attached hydrogens (tertiary/aromatic N) is 6. The molecule has 4 rings (SSSR count). The summed E-state index contributed by atoms with van der Waals surface area (Å²) in [5.41, 5.74) is 2.50. The van der Waals surface area contributed by atoms with Crippen LogP contribution in [0.5, 0.6) is 0 Å². The van der Waals surface area contributed by atoms with Gasteiger partial charge in [0, 0.05) is 25.2 Å². The number of rotatable bonds is 4. The molecule has 1 aliphatic rings. The van der Waals surface area contributed by atoms with Gasteiger partial charge >= 0.3 is 0 Å². The lowest BCUT2D eigenvalue weighted by Crippen LogP contribution is -2.45. The maximum Gasteiger partial charge on any atom is 0.218 e. The van der Waals surface area contributed by atoms with Gasteiger partial charge < -0.3 is 4.90 Å². The molecule has 0 aliphatic carbocycles. The molecule has 3 aromatic rings. The second-order valence-electron chi connectivity index (χ2n) is 8.24. The third-order valence-electron chi connectivity index (χ3n) is 5.86. The van der Waals surface area contributed by atoms with E-state index in [4.69, 9.17) is 5.10 Å². The maximum atomic E-state index is 12.5. The summed E-state index contributed by atoms with van der Waals surface area (Å²) in [6.45, 7) is 11.0. The molecule has 3 heterocycles. The van der Waals surface area contributed by atoms with Crippen LogP contribution in [0.1, 0.15) is 61.8 Å². The van der Waals surface area contributed by atoms with Crippen LogP contribution in [0.15, 0.2) is 60.2 Å². The molecule has 0 saturated carbocycles. The van der Waals surface area contributed by atoms with Gasteiger partial charge in [0.2, 0.25) is 5.43 Å². The number of hydrogen-bond donors (Lipinski definition) is 0. The highest BCUT2D eigenvalue weighted by Gasteiger charge is 2.38. The lowest BCUT2D eigenvalue weighted by atomic mass is 9.94. The van der Waals surface area contributed by atoms with Crippen LogP contribution in [0.4, 0.5) is 0 Å². The van der Waals surface area contributed by atoms with Crippen molar-refractivity contribution in [1.29, 1.82) is 5.26 Å². The van der Waals surface area contributed by atoms with E-state index >= 15 is 0 Å². The molecule has 2 atom stereocenters. The Morgan fingerprint density at radius 1 is 1.24 bits per heavy atom. The molecule has 33 heavy (non-hydrogen) atoms.